The second-order valence-electron chi connectivity index (χ2n) is 7.01. The van der Waals surface area contributed by atoms with Crippen molar-refractivity contribution in [2.24, 2.45) is 5.92 Å². The van der Waals surface area contributed by atoms with Crippen molar-refractivity contribution in [2.75, 3.05) is 11.9 Å². The molecule has 0 saturated carbocycles. The number of ether oxygens (including phenoxy) is 2. The normalized spacial score (nSPS) is 16.8. The van der Waals surface area contributed by atoms with Gasteiger partial charge in [0.15, 0.2) is 6.10 Å². The molecule has 0 saturated heterocycles. The summed E-state index contributed by atoms with van der Waals surface area (Å²) in [5.41, 5.74) is 1.57. The van der Waals surface area contributed by atoms with Gasteiger partial charge in [-0.05, 0) is 56.7 Å². The monoisotopic (exact) mass is 401 g/mol. The summed E-state index contributed by atoms with van der Waals surface area (Å²) in [5, 5.41) is 3.49. The molecule has 1 aliphatic rings. The maximum absolute atomic E-state index is 12.7. The van der Waals surface area contributed by atoms with E-state index in [9.17, 15) is 9.59 Å². The van der Waals surface area contributed by atoms with E-state index in [1.54, 1.807) is 13.8 Å². The fraction of sp³-hybridized carbons (Fsp3) is 0.455. The zero-order chi connectivity index (χ0) is 20.1. The molecular weight excluding hydrogens is 374 g/mol. The summed E-state index contributed by atoms with van der Waals surface area (Å²) in [6.07, 6.45) is 3.31. The van der Waals surface area contributed by atoms with Gasteiger partial charge in [-0.3, -0.25) is 4.79 Å². The van der Waals surface area contributed by atoms with Crippen LogP contribution in [0, 0.1) is 5.92 Å². The predicted octanol–water partition coefficient (Wildman–Crippen LogP) is 4.85. The molecule has 28 heavy (non-hydrogen) atoms. The average Bonchev–Trinajstić information content (AvgIpc) is 3.05. The summed E-state index contributed by atoms with van der Waals surface area (Å²) in [6.45, 7) is 5.99. The Morgan fingerprint density at radius 1 is 1.25 bits per heavy atom. The number of nitrogens with one attached hydrogen (secondary N) is 1. The van der Waals surface area contributed by atoms with Crippen molar-refractivity contribution in [1.82, 2.24) is 0 Å². The molecule has 3 rings (SSSR count). The standard InChI is InChI=1S/C22H27NO4S/c1-4-15-11-12-17-18(13-15)28-21(19(17)22(25)26-5-2)23-20(24)14(3)27-16-9-7-6-8-10-16/h6-10,14-15H,4-5,11-13H2,1-3H3,(H,23,24). The minimum absolute atomic E-state index is 0.278. The number of carbonyl (C=O) groups is 2. The SMILES string of the molecule is CCOC(=O)c1c(NC(=O)C(C)Oc2ccccc2)sc2c1CCC(CC)C2. The molecule has 0 spiro atoms. The van der Waals surface area contributed by atoms with Gasteiger partial charge in [0.1, 0.15) is 10.8 Å². The molecule has 5 nitrogen and oxygen atoms in total. The van der Waals surface area contributed by atoms with Gasteiger partial charge >= 0.3 is 5.97 Å². The third-order valence-corrected chi connectivity index (χ3v) is 6.26. The minimum Gasteiger partial charge on any atom is -0.481 e. The predicted molar refractivity (Wildman–Crippen MR) is 111 cm³/mol. The van der Waals surface area contributed by atoms with E-state index in [2.05, 4.69) is 12.2 Å². The average molecular weight is 402 g/mol. The minimum atomic E-state index is -0.681. The summed E-state index contributed by atoms with van der Waals surface area (Å²) in [5.74, 6) is 0.624. The molecule has 1 aromatic heterocycles. The lowest BCUT2D eigenvalue weighted by molar-refractivity contribution is -0.122. The quantitative estimate of drug-likeness (QED) is 0.674. The summed E-state index contributed by atoms with van der Waals surface area (Å²) >= 11 is 1.50. The van der Waals surface area contributed by atoms with E-state index < -0.39 is 6.10 Å². The number of amides is 1. The molecule has 0 bridgehead atoms. The van der Waals surface area contributed by atoms with Crippen LogP contribution < -0.4 is 10.1 Å². The summed E-state index contributed by atoms with van der Waals surface area (Å²) in [6, 6.07) is 9.22. The Morgan fingerprint density at radius 2 is 2.00 bits per heavy atom. The van der Waals surface area contributed by atoms with E-state index >= 15 is 0 Å². The molecule has 1 heterocycles. The first-order chi connectivity index (χ1) is 13.5. The second-order valence-corrected chi connectivity index (χ2v) is 8.11. The number of benzene rings is 1. The highest BCUT2D eigenvalue weighted by molar-refractivity contribution is 7.17. The van der Waals surface area contributed by atoms with Crippen LogP contribution in [0.4, 0.5) is 5.00 Å². The molecule has 2 aromatic rings. The molecule has 2 unspecified atom stereocenters. The van der Waals surface area contributed by atoms with Crippen molar-refractivity contribution in [3.05, 3.63) is 46.3 Å². The van der Waals surface area contributed by atoms with Crippen LogP contribution in [0.3, 0.4) is 0 Å². The molecule has 150 valence electrons. The van der Waals surface area contributed by atoms with Crippen LogP contribution in [0.1, 0.15) is 54.4 Å². The number of fused-ring (bicyclic) bond motifs is 1. The number of hydrogen-bond donors (Lipinski definition) is 1. The maximum atomic E-state index is 12.7. The van der Waals surface area contributed by atoms with E-state index in [0.717, 1.165) is 31.2 Å². The largest absolute Gasteiger partial charge is 0.481 e. The van der Waals surface area contributed by atoms with Crippen molar-refractivity contribution in [1.29, 1.82) is 0 Å². The summed E-state index contributed by atoms with van der Waals surface area (Å²) < 4.78 is 11.0. The highest BCUT2D eigenvalue weighted by Gasteiger charge is 2.30. The Hall–Kier alpha value is -2.34. The number of thiophene rings is 1. The molecular formula is C22H27NO4S. The van der Waals surface area contributed by atoms with Crippen molar-refractivity contribution < 1.29 is 19.1 Å². The molecule has 0 fully saturated rings. The summed E-state index contributed by atoms with van der Waals surface area (Å²) in [4.78, 5) is 26.5. The van der Waals surface area contributed by atoms with Crippen molar-refractivity contribution in [3.8, 4) is 5.75 Å². The van der Waals surface area contributed by atoms with E-state index in [4.69, 9.17) is 9.47 Å². The molecule has 1 N–H and O–H groups in total. The smallest absolute Gasteiger partial charge is 0.341 e. The third kappa shape index (κ3) is 4.55. The molecule has 1 aliphatic carbocycles. The van der Waals surface area contributed by atoms with Crippen LogP contribution >= 0.6 is 11.3 Å². The lowest BCUT2D eigenvalue weighted by Gasteiger charge is -2.21. The topological polar surface area (TPSA) is 64.6 Å². The van der Waals surface area contributed by atoms with Gasteiger partial charge in [0, 0.05) is 4.88 Å². The van der Waals surface area contributed by atoms with Crippen LogP contribution in [0.2, 0.25) is 0 Å². The van der Waals surface area contributed by atoms with Crippen molar-refractivity contribution in [2.45, 2.75) is 52.6 Å². The van der Waals surface area contributed by atoms with Crippen LogP contribution in [0.25, 0.3) is 0 Å². The molecule has 2 atom stereocenters. The Bertz CT molecular complexity index is 831. The number of para-hydroxylation sites is 1. The number of hydrogen-bond acceptors (Lipinski definition) is 5. The molecule has 1 amide bonds. The Balaban J connectivity index is 1.81. The van der Waals surface area contributed by atoms with Crippen molar-refractivity contribution >= 4 is 28.2 Å². The first-order valence-electron chi connectivity index (χ1n) is 9.87. The molecule has 1 aromatic carbocycles. The number of anilines is 1. The fourth-order valence-corrected chi connectivity index (χ4v) is 4.83. The van der Waals surface area contributed by atoms with E-state index in [1.165, 1.54) is 16.2 Å². The van der Waals surface area contributed by atoms with Crippen LogP contribution in [-0.4, -0.2) is 24.6 Å². The van der Waals surface area contributed by atoms with E-state index in [1.807, 2.05) is 30.3 Å². The lowest BCUT2D eigenvalue weighted by Crippen LogP contribution is -2.30. The highest BCUT2D eigenvalue weighted by Crippen LogP contribution is 2.40. The summed E-state index contributed by atoms with van der Waals surface area (Å²) in [7, 11) is 0. The first kappa shape index (κ1) is 20.4. The zero-order valence-corrected chi connectivity index (χ0v) is 17.4. The highest BCUT2D eigenvalue weighted by atomic mass is 32.1. The number of carbonyl (C=O) groups excluding carboxylic acids is 2. The fourth-order valence-electron chi connectivity index (χ4n) is 3.48. The van der Waals surface area contributed by atoms with Crippen molar-refractivity contribution in [3.63, 3.8) is 0 Å². The molecule has 0 radical (unpaired) electrons. The Labute approximate surface area is 170 Å². The third-order valence-electron chi connectivity index (χ3n) is 5.09. The Morgan fingerprint density at radius 3 is 2.68 bits per heavy atom. The van der Waals surface area contributed by atoms with Gasteiger partial charge in [0.05, 0.1) is 12.2 Å². The van der Waals surface area contributed by atoms with Gasteiger partial charge in [-0.2, -0.15) is 0 Å². The van der Waals surface area contributed by atoms with Gasteiger partial charge in [-0.15, -0.1) is 11.3 Å². The van der Waals surface area contributed by atoms with Crippen LogP contribution in [0.5, 0.6) is 5.75 Å². The maximum Gasteiger partial charge on any atom is 0.341 e. The van der Waals surface area contributed by atoms with E-state index in [-0.39, 0.29) is 11.9 Å². The van der Waals surface area contributed by atoms with Crippen LogP contribution in [0.15, 0.2) is 30.3 Å². The van der Waals surface area contributed by atoms with Gasteiger partial charge in [0.2, 0.25) is 0 Å². The second kappa shape index (κ2) is 9.24. The van der Waals surface area contributed by atoms with E-state index in [0.29, 0.717) is 28.8 Å². The first-order valence-corrected chi connectivity index (χ1v) is 10.7. The van der Waals surface area contributed by atoms with Gasteiger partial charge in [-0.25, -0.2) is 4.79 Å². The number of esters is 1. The Kier molecular flexibility index (Phi) is 6.73. The number of rotatable bonds is 7. The zero-order valence-electron chi connectivity index (χ0n) is 16.6. The lowest BCUT2D eigenvalue weighted by atomic mass is 9.85. The van der Waals surface area contributed by atoms with Gasteiger partial charge in [0.25, 0.3) is 5.91 Å². The van der Waals surface area contributed by atoms with Gasteiger partial charge in [-0.1, -0.05) is 31.5 Å². The van der Waals surface area contributed by atoms with Gasteiger partial charge < -0.3 is 14.8 Å². The molecule has 6 heteroatoms. The van der Waals surface area contributed by atoms with Crippen LogP contribution in [-0.2, 0) is 22.4 Å². The molecule has 0 aliphatic heterocycles.